The lowest BCUT2D eigenvalue weighted by Gasteiger charge is -2.25. The van der Waals surface area contributed by atoms with Gasteiger partial charge in [-0.15, -0.1) is 11.8 Å². The first-order valence-corrected chi connectivity index (χ1v) is 6.69. The molecular weight excluding hydrogens is 213 g/mol. The maximum absolute atomic E-state index is 13.2. The van der Waals surface area contributed by atoms with Gasteiger partial charge < -0.3 is 11.1 Å². The van der Waals surface area contributed by atoms with Gasteiger partial charge in [0.1, 0.15) is 6.17 Å². The summed E-state index contributed by atoms with van der Waals surface area (Å²) in [7, 11) is 0. The van der Waals surface area contributed by atoms with Crippen molar-refractivity contribution in [2.24, 2.45) is 5.73 Å². The zero-order valence-corrected chi connectivity index (χ0v) is 9.97. The highest BCUT2D eigenvalue weighted by molar-refractivity contribution is 8.00. The maximum atomic E-state index is 13.2. The van der Waals surface area contributed by atoms with Crippen LogP contribution in [0, 0.1) is 0 Å². The first-order chi connectivity index (χ1) is 7.19. The minimum Gasteiger partial charge on any atom is -0.329 e. The smallest absolute Gasteiger partial charge is 0.114 e. The third kappa shape index (κ3) is 2.84. The van der Waals surface area contributed by atoms with Gasteiger partial charge in [0.25, 0.3) is 0 Å². The second kappa shape index (κ2) is 4.99. The molecule has 3 N–H and O–H groups in total. The number of nitrogens with one attached hydrogen (secondary N) is 1. The molecular formula is C10H20FN3S. The van der Waals surface area contributed by atoms with Crippen LogP contribution in [0.3, 0.4) is 0 Å². The van der Waals surface area contributed by atoms with Crippen LogP contribution >= 0.6 is 11.8 Å². The molecule has 15 heavy (non-hydrogen) atoms. The third-order valence-corrected chi connectivity index (χ3v) is 4.45. The lowest BCUT2D eigenvalue weighted by atomic mass is 10.2. The first kappa shape index (κ1) is 11.6. The first-order valence-electron chi connectivity index (χ1n) is 5.65. The molecule has 2 rings (SSSR count). The van der Waals surface area contributed by atoms with E-state index in [1.165, 1.54) is 0 Å². The van der Waals surface area contributed by atoms with Crippen molar-refractivity contribution >= 4 is 11.8 Å². The summed E-state index contributed by atoms with van der Waals surface area (Å²) in [6.07, 6.45) is -0.0589. The number of nitrogens with zero attached hydrogens (tertiary/aromatic N) is 1. The Morgan fingerprint density at radius 3 is 3.00 bits per heavy atom. The van der Waals surface area contributed by atoms with E-state index in [4.69, 9.17) is 5.73 Å². The third-order valence-electron chi connectivity index (χ3n) is 3.22. The van der Waals surface area contributed by atoms with Gasteiger partial charge in [-0.3, -0.25) is 4.90 Å². The van der Waals surface area contributed by atoms with Crippen molar-refractivity contribution in [2.75, 3.05) is 25.4 Å². The van der Waals surface area contributed by atoms with Gasteiger partial charge >= 0.3 is 0 Å². The molecule has 0 spiro atoms. The van der Waals surface area contributed by atoms with Gasteiger partial charge in [0, 0.05) is 37.5 Å². The fourth-order valence-corrected chi connectivity index (χ4v) is 3.48. The van der Waals surface area contributed by atoms with Crippen molar-refractivity contribution in [1.29, 1.82) is 0 Å². The zero-order chi connectivity index (χ0) is 10.8. The average Bonchev–Trinajstić information content (AvgIpc) is 2.73. The summed E-state index contributed by atoms with van der Waals surface area (Å²) >= 11 is 1.94. The number of nitrogens with two attached hydrogens (primary N) is 1. The van der Waals surface area contributed by atoms with Gasteiger partial charge in [-0.2, -0.15) is 0 Å². The van der Waals surface area contributed by atoms with Gasteiger partial charge in [-0.1, -0.05) is 0 Å². The van der Waals surface area contributed by atoms with Crippen LogP contribution in [0.1, 0.15) is 13.3 Å². The molecule has 2 aliphatic heterocycles. The largest absolute Gasteiger partial charge is 0.329 e. The molecule has 0 amide bonds. The van der Waals surface area contributed by atoms with E-state index in [2.05, 4.69) is 17.1 Å². The normalized spacial score (nSPS) is 42.6. The van der Waals surface area contributed by atoms with Crippen LogP contribution in [0.2, 0.25) is 0 Å². The number of thioether (sulfide) groups is 1. The van der Waals surface area contributed by atoms with Gasteiger partial charge in [0.15, 0.2) is 0 Å². The summed E-state index contributed by atoms with van der Waals surface area (Å²) < 4.78 is 13.2. The number of rotatable bonds is 3. The van der Waals surface area contributed by atoms with E-state index in [9.17, 15) is 4.39 Å². The monoisotopic (exact) mass is 233 g/mol. The Morgan fingerprint density at radius 2 is 2.40 bits per heavy atom. The summed E-state index contributed by atoms with van der Waals surface area (Å²) in [5, 5.41) is 4.04. The Bertz CT molecular complexity index is 217. The van der Waals surface area contributed by atoms with Crippen LogP contribution in [0.4, 0.5) is 4.39 Å². The molecule has 2 fully saturated rings. The SMILES string of the molecule is CC1NC(CN2C[C@H](F)C[C@H]2CN)CS1. The molecule has 5 heteroatoms. The minimum absolute atomic E-state index is 0.253. The maximum Gasteiger partial charge on any atom is 0.114 e. The fourth-order valence-electron chi connectivity index (χ4n) is 2.47. The summed E-state index contributed by atoms with van der Waals surface area (Å²) in [6, 6.07) is 0.757. The Balaban J connectivity index is 1.83. The molecule has 0 saturated carbocycles. The molecule has 0 aromatic carbocycles. The average molecular weight is 233 g/mol. The second-order valence-electron chi connectivity index (χ2n) is 4.52. The predicted octanol–water partition coefficient (Wildman–Crippen LogP) is 0.409. The topological polar surface area (TPSA) is 41.3 Å². The lowest BCUT2D eigenvalue weighted by Crippen LogP contribution is -2.44. The van der Waals surface area contributed by atoms with Crippen molar-refractivity contribution in [3.63, 3.8) is 0 Å². The Morgan fingerprint density at radius 1 is 1.60 bits per heavy atom. The van der Waals surface area contributed by atoms with Crippen molar-refractivity contribution < 1.29 is 4.39 Å². The Hall–Kier alpha value is 0.160. The quantitative estimate of drug-likeness (QED) is 0.741. The van der Waals surface area contributed by atoms with E-state index >= 15 is 0 Å². The molecule has 4 atom stereocenters. The molecule has 2 unspecified atom stereocenters. The number of hydrogen-bond acceptors (Lipinski definition) is 4. The number of halogens is 1. The van der Waals surface area contributed by atoms with Crippen LogP contribution in [0.5, 0.6) is 0 Å². The van der Waals surface area contributed by atoms with Gasteiger partial charge in [-0.25, -0.2) is 4.39 Å². The Kier molecular flexibility index (Phi) is 3.88. The van der Waals surface area contributed by atoms with Gasteiger partial charge in [0.2, 0.25) is 0 Å². The molecule has 88 valence electrons. The minimum atomic E-state index is -0.676. The van der Waals surface area contributed by atoms with Crippen molar-refractivity contribution in [3.8, 4) is 0 Å². The zero-order valence-electron chi connectivity index (χ0n) is 9.16. The highest BCUT2D eigenvalue weighted by atomic mass is 32.2. The van der Waals surface area contributed by atoms with Gasteiger partial charge in [-0.05, 0) is 13.3 Å². The molecule has 0 aromatic rings. The second-order valence-corrected chi connectivity index (χ2v) is 5.89. The van der Waals surface area contributed by atoms with E-state index in [0.29, 0.717) is 30.9 Å². The summed E-state index contributed by atoms with van der Waals surface area (Å²) in [6.45, 7) is 4.27. The number of alkyl halides is 1. The van der Waals surface area contributed by atoms with Crippen molar-refractivity contribution in [1.82, 2.24) is 10.2 Å². The highest BCUT2D eigenvalue weighted by Crippen LogP contribution is 2.23. The molecule has 2 heterocycles. The summed E-state index contributed by atoms with van der Waals surface area (Å²) in [4.78, 5) is 2.21. The van der Waals surface area contributed by atoms with Crippen molar-refractivity contribution in [3.05, 3.63) is 0 Å². The van der Waals surface area contributed by atoms with Gasteiger partial charge in [0.05, 0.1) is 5.37 Å². The van der Waals surface area contributed by atoms with Crippen LogP contribution in [-0.2, 0) is 0 Å². The van der Waals surface area contributed by atoms with Crippen molar-refractivity contribution in [2.45, 2.75) is 37.0 Å². The molecule has 2 saturated heterocycles. The molecule has 0 aromatic heterocycles. The number of hydrogen-bond donors (Lipinski definition) is 2. The lowest BCUT2D eigenvalue weighted by molar-refractivity contribution is 0.228. The molecule has 2 aliphatic rings. The summed E-state index contributed by atoms with van der Waals surface area (Å²) in [5.41, 5.74) is 5.65. The van der Waals surface area contributed by atoms with Crippen LogP contribution < -0.4 is 11.1 Å². The highest BCUT2D eigenvalue weighted by Gasteiger charge is 2.33. The van der Waals surface area contributed by atoms with E-state index in [0.717, 1.165) is 12.3 Å². The van der Waals surface area contributed by atoms with Crippen LogP contribution in [-0.4, -0.2) is 53.9 Å². The van der Waals surface area contributed by atoms with E-state index < -0.39 is 6.17 Å². The fraction of sp³-hybridized carbons (Fsp3) is 1.00. The van der Waals surface area contributed by atoms with E-state index in [-0.39, 0.29) is 6.04 Å². The molecule has 0 bridgehead atoms. The van der Waals surface area contributed by atoms with Crippen LogP contribution in [0.15, 0.2) is 0 Å². The standard InChI is InChI=1S/C10H20FN3S/c1-7-13-9(6-15-7)5-14-4-8(11)2-10(14)3-12/h7-10,13H,2-6,12H2,1H3/t7?,8-,9?,10+/m1/s1. The molecule has 0 radical (unpaired) electrons. The molecule has 0 aliphatic carbocycles. The van der Waals surface area contributed by atoms with Crippen LogP contribution in [0.25, 0.3) is 0 Å². The predicted molar refractivity (Wildman–Crippen MR) is 62.8 cm³/mol. The van der Waals surface area contributed by atoms with E-state index in [1.54, 1.807) is 0 Å². The molecule has 3 nitrogen and oxygen atoms in total. The van der Waals surface area contributed by atoms with E-state index in [1.807, 2.05) is 11.8 Å². The Labute approximate surface area is 95.0 Å². The number of likely N-dealkylation sites (tertiary alicyclic amines) is 1. The summed E-state index contributed by atoms with van der Waals surface area (Å²) in [5.74, 6) is 1.13.